The van der Waals surface area contributed by atoms with Crippen molar-refractivity contribution in [1.29, 1.82) is 0 Å². The van der Waals surface area contributed by atoms with Gasteiger partial charge in [-0.2, -0.15) is 0 Å². The summed E-state index contributed by atoms with van der Waals surface area (Å²) in [4.78, 5) is 0. The predicted octanol–water partition coefficient (Wildman–Crippen LogP) is 16.5. The van der Waals surface area contributed by atoms with Crippen molar-refractivity contribution < 1.29 is 0 Å². The zero-order valence-electron chi connectivity index (χ0n) is 34.9. The van der Waals surface area contributed by atoms with Crippen molar-refractivity contribution in [2.24, 2.45) is 0 Å². The molecule has 0 spiro atoms. The monoisotopic (exact) mass is 833 g/mol. The summed E-state index contributed by atoms with van der Waals surface area (Å²) >= 11 is 1.89. The van der Waals surface area contributed by atoms with Crippen LogP contribution in [0.15, 0.2) is 206 Å². The third-order valence-corrected chi connectivity index (χ3v) is 14.9. The van der Waals surface area contributed by atoms with E-state index in [0.717, 1.165) is 24.2 Å². The maximum Gasteiger partial charge on any atom is 0.0542 e. The molecule has 14 rings (SSSR count). The number of rotatable bonds is 5. The Hall–Kier alpha value is -7.92. The van der Waals surface area contributed by atoms with E-state index in [4.69, 9.17) is 0 Å². The van der Waals surface area contributed by atoms with Crippen LogP contribution in [0.5, 0.6) is 0 Å². The number of aromatic nitrogens is 3. The van der Waals surface area contributed by atoms with Gasteiger partial charge < -0.3 is 13.7 Å². The van der Waals surface area contributed by atoms with Crippen LogP contribution in [-0.2, 0) is 6.42 Å². The average molecular weight is 834 g/mol. The Labute approximate surface area is 373 Å². The molecule has 0 saturated carbocycles. The molecule has 0 atom stereocenters. The van der Waals surface area contributed by atoms with Gasteiger partial charge in [0.25, 0.3) is 0 Å². The van der Waals surface area contributed by atoms with Gasteiger partial charge in [0, 0.05) is 75.4 Å². The number of nitrogens with zero attached hydrogens (tertiary/aromatic N) is 3. The highest BCUT2D eigenvalue weighted by Crippen LogP contribution is 2.43. The lowest BCUT2D eigenvalue weighted by atomic mass is 9.97. The largest absolute Gasteiger partial charge is 0.313 e. The number of para-hydroxylation sites is 3. The molecular formula is C60H39N3S. The number of allylic oxidation sites excluding steroid dienone is 1. The molecule has 4 aromatic heterocycles. The molecule has 13 aromatic rings. The van der Waals surface area contributed by atoms with Gasteiger partial charge in [0.05, 0.1) is 27.6 Å². The summed E-state index contributed by atoms with van der Waals surface area (Å²) in [5.74, 6) is 0. The smallest absolute Gasteiger partial charge is 0.0542 e. The number of fused-ring (bicyclic) bond motifs is 12. The van der Waals surface area contributed by atoms with Gasteiger partial charge in [-0.15, -0.1) is 11.3 Å². The van der Waals surface area contributed by atoms with Crippen molar-refractivity contribution in [3.8, 4) is 39.3 Å². The predicted molar refractivity (Wildman–Crippen MR) is 273 cm³/mol. The Morgan fingerprint density at radius 3 is 1.62 bits per heavy atom. The molecule has 0 amide bonds. The molecular weight excluding hydrogens is 795 g/mol. The molecule has 1 aliphatic carbocycles. The first-order chi connectivity index (χ1) is 31.7. The minimum absolute atomic E-state index is 1.02. The van der Waals surface area contributed by atoms with Gasteiger partial charge in [-0.3, -0.25) is 0 Å². The molecule has 0 saturated heterocycles. The van der Waals surface area contributed by atoms with Gasteiger partial charge in [0.2, 0.25) is 0 Å². The highest BCUT2D eigenvalue weighted by atomic mass is 32.1. The van der Waals surface area contributed by atoms with Crippen LogP contribution in [0.4, 0.5) is 0 Å². The second-order valence-electron chi connectivity index (χ2n) is 17.2. The Balaban J connectivity index is 0.975. The number of hydrogen-bond acceptors (Lipinski definition) is 1. The molecule has 64 heavy (non-hydrogen) atoms. The molecule has 0 aliphatic heterocycles. The van der Waals surface area contributed by atoms with Crippen LogP contribution in [-0.4, -0.2) is 13.7 Å². The standard InChI is InChI=1S/C60H39N3S/c1-6-25-53-45(18-1)46-19-2-7-26-54(46)62(53)42-30-32-57-51(36-42)52-37-43(63-55-27-8-3-20-47(55)48-21-4-9-28-56(48)63)31-33-58(52)61(57)41-17-12-15-39(35-41)38-14-11-16-40(34-38)44-23-13-24-50-49-22-5-10-29-59(49)64-60(44)50/h1-8,10-27,29-37H,9,28H2. The van der Waals surface area contributed by atoms with Gasteiger partial charge in [-0.05, 0) is 114 Å². The summed E-state index contributed by atoms with van der Waals surface area (Å²) < 4.78 is 10.1. The van der Waals surface area contributed by atoms with E-state index in [1.807, 2.05) is 11.3 Å². The SMILES string of the molecule is C1=Cc2c(n(-c3ccc4c(c3)c3cc(-n5c6ccccc6c6ccccc65)ccc3n4-c3cccc(-c4cccc(-c5cccc6c5sc5ccccc56)c4)c3)c3ccccc23)CC1. The third-order valence-electron chi connectivity index (χ3n) is 13.7. The lowest BCUT2D eigenvalue weighted by Crippen LogP contribution is -2.03. The number of thiophene rings is 1. The van der Waals surface area contributed by atoms with Crippen molar-refractivity contribution in [3.05, 3.63) is 218 Å². The molecule has 0 unspecified atom stereocenters. The van der Waals surface area contributed by atoms with E-state index in [0.29, 0.717) is 0 Å². The minimum Gasteiger partial charge on any atom is -0.313 e. The van der Waals surface area contributed by atoms with Crippen molar-refractivity contribution in [1.82, 2.24) is 13.7 Å². The topological polar surface area (TPSA) is 14.8 Å². The maximum atomic E-state index is 2.51. The van der Waals surface area contributed by atoms with E-state index in [1.54, 1.807) is 0 Å². The highest BCUT2D eigenvalue weighted by molar-refractivity contribution is 7.26. The van der Waals surface area contributed by atoms with E-state index in [-0.39, 0.29) is 0 Å². The van der Waals surface area contributed by atoms with Crippen molar-refractivity contribution in [2.75, 3.05) is 0 Å². The maximum absolute atomic E-state index is 2.51. The summed E-state index contributed by atoms with van der Waals surface area (Å²) in [5, 5.41) is 8.95. The van der Waals surface area contributed by atoms with Crippen molar-refractivity contribution >= 4 is 92.1 Å². The summed E-state index contributed by atoms with van der Waals surface area (Å²) in [6.07, 6.45) is 6.72. The summed E-state index contributed by atoms with van der Waals surface area (Å²) in [6, 6.07) is 74.3. The van der Waals surface area contributed by atoms with Crippen LogP contribution < -0.4 is 0 Å². The van der Waals surface area contributed by atoms with Crippen molar-refractivity contribution in [3.63, 3.8) is 0 Å². The quantitative estimate of drug-likeness (QED) is 0.164. The molecule has 1 aliphatic rings. The van der Waals surface area contributed by atoms with E-state index < -0.39 is 0 Å². The van der Waals surface area contributed by atoms with Crippen LogP contribution in [0.3, 0.4) is 0 Å². The van der Waals surface area contributed by atoms with Crippen molar-refractivity contribution in [2.45, 2.75) is 12.8 Å². The molecule has 4 heterocycles. The van der Waals surface area contributed by atoms with E-state index in [1.165, 1.54) is 114 Å². The Kier molecular flexibility index (Phi) is 7.68. The second kappa shape index (κ2) is 13.8. The molecule has 3 nitrogen and oxygen atoms in total. The number of benzene rings is 9. The summed E-state index contributed by atoms with van der Waals surface area (Å²) in [5.41, 5.74) is 17.2. The fourth-order valence-corrected chi connectivity index (χ4v) is 12.1. The zero-order valence-corrected chi connectivity index (χ0v) is 35.7. The van der Waals surface area contributed by atoms with Gasteiger partial charge >= 0.3 is 0 Å². The zero-order chi connectivity index (χ0) is 41.9. The molecule has 9 aromatic carbocycles. The molecule has 0 radical (unpaired) electrons. The molecule has 0 bridgehead atoms. The first-order valence-electron chi connectivity index (χ1n) is 22.2. The fraction of sp³-hybridized carbons (Fsp3) is 0.0333. The lowest BCUT2D eigenvalue weighted by Gasteiger charge is -2.14. The van der Waals surface area contributed by atoms with Crippen LogP contribution in [0.1, 0.15) is 17.7 Å². The van der Waals surface area contributed by atoms with Gasteiger partial charge in [-0.25, -0.2) is 0 Å². The lowest BCUT2D eigenvalue weighted by molar-refractivity contribution is 0.889. The minimum atomic E-state index is 1.02. The first-order valence-corrected chi connectivity index (χ1v) is 23.0. The Bertz CT molecular complexity index is 4040. The van der Waals surface area contributed by atoms with Gasteiger partial charge in [0.15, 0.2) is 0 Å². The van der Waals surface area contributed by atoms with Crippen LogP contribution in [0.2, 0.25) is 0 Å². The molecule has 300 valence electrons. The van der Waals surface area contributed by atoms with E-state index in [2.05, 4.69) is 226 Å². The number of hydrogen-bond donors (Lipinski definition) is 0. The molecule has 0 fully saturated rings. The normalized spacial score (nSPS) is 12.8. The first kappa shape index (κ1) is 35.7. The third kappa shape index (κ3) is 5.21. The Morgan fingerprint density at radius 2 is 0.891 bits per heavy atom. The summed E-state index contributed by atoms with van der Waals surface area (Å²) in [7, 11) is 0. The molecule has 0 N–H and O–H groups in total. The highest BCUT2D eigenvalue weighted by Gasteiger charge is 2.22. The molecule has 4 heteroatoms. The van der Waals surface area contributed by atoms with Gasteiger partial charge in [-0.1, -0.05) is 133 Å². The van der Waals surface area contributed by atoms with Gasteiger partial charge in [0.1, 0.15) is 0 Å². The van der Waals surface area contributed by atoms with E-state index in [9.17, 15) is 0 Å². The second-order valence-corrected chi connectivity index (χ2v) is 18.2. The Morgan fingerprint density at radius 1 is 0.359 bits per heavy atom. The fourth-order valence-electron chi connectivity index (χ4n) is 10.9. The average Bonchev–Trinajstić information content (AvgIpc) is 4.10. The van der Waals surface area contributed by atoms with Crippen LogP contribution in [0.25, 0.3) is 120 Å². The van der Waals surface area contributed by atoms with E-state index >= 15 is 0 Å². The van der Waals surface area contributed by atoms with Crippen LogP contribution >= 0.6 is 11.3 Å². The summed E-state index contributed by atoms with van der Waals surface area (Å²) in [6.45, 7) is 0. The van der Waals surface area contributed by atoms with Crippen LogP contribution in [0, 0.1) is 0 Å².